The predicted molar refractivity (Wildman–Crippen MR) is 70.2 cm³/mol. The molecule has 1 aromatic heterocycles. The molecule has 1 N–H and O–H groups in total. The Morgan fingerprint density at radius 1 is 1.19 bits per heavy atom. The number of hydrogen-bond donors (Lipinski definition) is 1. The fourth-order valence-corrected chi connectivity index (χ4v) is 2.69. The summed E-state index contributed by atoms with van der Waals surface area (Å²) in [7, 11) is -2.29. The van der Waals surface area contributed by atoms with Gasteiger partial charge in [0.2, 0.25) is 0 Å². The lowest BCUT2D eigenvalue weighted by Crippen LogP contribution is -2.14. The van der Waals surface area contributed by atoms with E-state index >= 15 is 0 Å². The highest BCUT2D eigenvalue weighted by molar-refractivity contribution is 7.92. The molecule has 0 amide bonds. The molecule has 21 heavy (non-hydrogen) atoms. The van der Waals surface area contributed by atoms with Crippen LogP contribution in [0, 0.1) is 6.92 Å². The standard InChI is InChI=1S/C12H12F3N3O2S/c1-8-16-11(7-18(8)2)21(19,20)17-10-5-3-9(4-6-10)12(13,14)15/h3-7,17H,1-2H3. The highest BCUT2D eigenvalue weighted by atomic mass is 32.2. The Morgan fingerprint density at radius 3 is 2.19 bits per heavy atom. The largest absolute Gasteiger partial charge is 0.416 e. The fourth-order valence-electron chi connectivity index (χ4n) is 1.59. The zero-order valence-electron chi connectivity index (χ0n) is 11.1. The summed E-state index contributed by atoms with van der Waals surface area (Å²) >= 11 is 0. The van der Waals surface area contributed by atoms with Crippen LogP contribution in [0.3, 0.4) is 0 Å². The van der Waals surface area contributed by atoms with Gasteiger partial charge in [0.25, 0.3) is 10.0 Å². The minimum atomic E-state index is -4.46. The molecule has 5 nitrogen and oxygen atoms in total. The first-order chi connectivity index (χ1) is 9.59. The van der Waals surface area contributed by atoms with Gasteiger partial charge >= 0.3 is 6.18 Å². The maximum absolute atomic E-state index is 12.4. The number of rotatable bonds is 3. The van der Waals surface area contributed by atoms with Gasteiger partial charge in [-0.3, -0.25) is 4.72 Å². The third-order valence-electron chi connectivity index (χ3n) is 2.83. The maximum Gasteiger partial charge on any atom is 0.416 e. The number of aromatic nitrogens is 2. The van der Waals surface area contributed by atoms with Gasteiger partial charge in [-0.2, -0.15) is 21.6 Å². The third kappa shape index (κ3) is 3.35. The number of aryl methyl sites for hydroxylation is 2. The Morgan fingerprint density at radius 2 is 1.76 bits per heavy atom. The number of anilines is 1. The van der Waals surface area contributed by atoms with E-state index in [9.17, 15) is 21.6 Å². The molecule has 1 heterocycles. The lowest BCUT2D eigenvalue weighted by molar-refractivity contribution is -0.137. The molecule has 0 aliphatic heterocycles. The Balaban J connectivity index is 2.25. The maximum atomic E-state index is 12.4. The summed E-state index contributed by atoms with van der Waals surface area (Å²) in [5.74, 6) is 0.503. The summed E-state index contributed by atoms with van der Waals surface area (Å²) in [6.45, 7) is 1.64. The second-order valence-corrected chi connectivity index (χ2v) is 6.05. The topological polar surface area (TPSA) is 64.0 Å². The lowest BCUT2D eigenvalue weighted by Gasteiger charge is -2.09. The van der Waals surface area contributed by atoms with Crippen molar-refractivity contribution in [1.82, 2.24) is 9.55 Å². The van der Waals surface area contributed by atoms with Crippen LogP contribution in [0.1, 0.15) is 11.4 Å². The molecule has 0 bridgehead atoms. The summed E-state index contributed by atoms with van der Waals surface area (Å²) in [6.07, 6.45) is -3.14. The van der Waals surface area contributed by atoms with Crippen molar-refractivity contribution in [1.29, 1.82) is 0 Å². The van der Waals surface area contributed by atoms with Crippen molar-refractivity contribution in [3.63, 3.8) is 0 Å². The van der Waals surface area contributed by atoms with E-state index in [4.69, 9.17) is 0 Å². The van der Waals surface area contributed by atoms with E-state index in [0.717, 1.165) is 24.3 Å². The van der Waals surface area contributed by atoms with Crippen LogP contribution >= 0.6 is 0 Å². The van der Waals surface area contributed by atoms with Gasteiger partial charge < -0.3 is 4.57 Å². The lowest BCUT2D eigenvalue weighted by atomic mass is 10.2. The molecule has 0 fully saturated rings. The first-order valence-corrected chi connectivity index (χ1v) is 7.28. The number of benzene rings is 1. The monoisotopic (exact) mass is 319 g/mol. The van der Waals surface area contributed by atoms with E-state index in [1.807, 2.05) is 0 Å². The molecule has 0 saturated heterocycles. The van der Waals surface area contributed by atoms with E-state index in [2.05, 4.69) is 9.71 Å². The van der Waals surface area contributed by atoms with Crippen LogP contribution in [0.4, 0.5) is 18.9 Å². The van der Waals surface area contributed by atoms with Gasteiger partial charge in [0, 0.05) is 18.9 Å². The van der Waals surface area contributed by atoms with Crippen molar-refractivity contribution in [3.05, 3.63) is 41.9 Å². The van der Waals surface area contributed by atoms with Gasteiger partial charge in [0.15, 0.2) is 5.03 Å². The Hall–Kier alpha value is -2.03. The van der Waals surface area contributed by atoms with Crippen molar-refractivity contribution in [2.45, 2.75) is 18.1 Å². The number of halogens is 3. The molecule has 0 atom stereocenters. The van der Waals surface area contributed by atoms with Crippen molar-refractivity contribution < 1.29 is 21.6 Å². The highest BCUT2D eigenvalue weighted by Gasteiger charge is 2.30. The van der Waals surface area contributed by atoms with Crippen LogP contribution in [0.5, 0.6) is 0 Å². The summed E-state index contributed by atoms with van der Waals surface area (Å²) in [5, 5.41) is -0.192. The zero-order valence-corrected chi connectivity index (χ0v) is 12.0. The minimum absolute atomic E-state index is 0.0336. The molecule has 114 valence electrons. The quantitative estimate of drug-likeness (QED) is 0.945. The van der Waals surface area contributed by atoms with E-state index in [1.165, 1.54) is 10.8 Å². The Kier molecular flexibility index (Phi) is 3.70. The molecule has 0 radical (unpaired) electrons. The van der Waals surface area contributed by atoms with Gasteiger partial charge in [0.1, 0.15) is 5.82 Å². The number of nitrogens with one attached hydrogen (secondary N) is 1. The SMILES string of the molecule is Cc1nc(S(=O)(=O)Nc2ccc(C(F)(F)F)cc2)cn1C. The van der Waals surface area contributed by atoms with E-state index in [0.29, 0.717) is 5.82 Å². The molecular weight excluding hydrogens is 307 g/mol. The molecule has 0 saturated carbocycles. The van der Waals surface area contributed by atoms with Gasteiger partial charge in [-0.15, -0.1) is 0 Å². The molecule has 1 aromatic carbocycles. The number of sulfonamides is 1. The number of nitrogens with zero attached hydrogens (tertiary/aromatic N) is 2. The average molecular weight is 319 g/mol. The summed E-state index contributed by atoms with van der Waals surface area (Å²) in [6, 6.07) is 3.72. The van der Waals surface area contributed by atoms with E-state index in [1.54, 1.807) is 14.0 Å². The fraction of sp³-hybridized carbons (Fsp3) is 0.250. The zero-order chi connectivity index (χ0) is 15.8. The molecule has 0 unspecified atom stereocenters. The normalized spacial score (nSPS) is 12.4. The van der Waals surface area contributed by atoms with Gasteiger partial charge in [0.05, 0.1) is 5.56 Å². The summed E-state index contributed by atoms with van der Waals surface area (Å²) < 4.78 is 65.0. The second kappa shape index (κ2) is 5.06. The molecule has 0 aliphatic carbocycles. The molecular formula is C12H12F3N3O2S. The molecule has 2 aromatic rings. The third-order valence-corrected chi connectivity index (χ3v) is 4.08. The van der Waals surface area contributed by atoms with Crippen molar-refractivity contribution in [3.8, 4) is 0 Å². The van der Waals surface area contributed by atoms with Crippen LogP contribution in [-0.2, 0) is 23.2 Å². The van der Waals surface area contributed by atoms with Crippen molar-refractivity contribution in [2.24, 2.45) is 7.05 Å². The molecule has 0 aliphatic rings. The van der Waals surface area contributed by atoms with Gasteiger partial charge in [-0.1, -0.05) is 0 Å². The summed E-state index contributed by atoms with van der Waals surface area (Å²) in [5.41, 5.74) is -0.814. The first kappa shape index (κ1) is 15.4. The molecule has 9 heteroatoms. The second-order valence-electron chi connectivity index (χ2n) is 4.42. The van der Waals surface area contributed by atoms with E-state index < -0.39 is 21.8 Å². The number of alkyl halides is 3. The molecule has 2 rings (SSSR count). The first-order valence-electron chi connectivity index (χ1n) is 5.79. The van der Waals surface area contributed by atoms with Gasteiger partial charge in [-0.05, 0) is 31.2 Å². The van der Waals surface area contributed by atoms with Crippen LogP contribution in [0.25, 0.3) is 0 Å². The minimum Gasteiger partial charge on any atom is -0.337 e. The predicted octanol–water partition coefficient (Wildman–Crippen LogP) is 2.55. The number of imidazole rings is 1. The van der Waals surface area contributed by atoms with E-state index in [-0.39, 0.29) is 10.7 Å². The average Bonchev–Trinajstić information content (AvgIpc) is 2.69. The van der Waals surface area contributed by atoms with Crippen LogP contribution in [0.2, 0.25) is 0 Å². The van der Waals surface area contributed by atoms with Crippen LogP contribution < -0.4 is 4.72 Å². The highest BCUT2D eigenvalue weighted by Crippen LogP contribution is 2.30. The van der Waals surface area contributed by atoms with Crippen molar-refractivity contribution in [2.75, 3.05) is 4.72 Å². The van der Waals surface area contributed by atoms with Crippen LogP contribution in [-0.4, -0.2) is 18.0 Å². The molecule has 0 spiro atoms. The number of hydrogen-bond acceptors (Lipinski definition) is 3. The smallest absolute Gasteiger partial charge is 0.337 e. The summed E-state index contributed by atoms with van der Waals surface area (Å²) in [4.78, 5) is 3.87. The van der Waals surface area contributed by atoms with Crippen LogP contribution in [0.15, 0.2) is 35.5 Å². The van der Waals surface area contributed by atoms with Crippen molar-refractivity contribution >= 4 is 15.7 Å². The Bertz CT molecular complexity index is 730. The Labute approximate surface area is 119 Å². The van der Waals surface area contributed by atoms with Gasteiger partial charge in [-0.25, -0.2) is 4.98 Å².